The fourth-order valence-corrected chi connectivity index (χ4v) is 0.857. The Balaban J connectivity index is 3.73. The molecule has 0 aliphatic rings. The van der Waals surface area contributed by atoms with Gasteiger partial charge < -0.3 is 10.1 Å². The molecule has 1 N–H and O–H groups in total. The molecule has 0 spiro atoms. The molecule has 2 heteroatoms. The van der Waals surface area contributed by atoms with E-state index in [0.29, 0.717) is 12.5 Å². The van der Waals surface area contributed by atoms with E-state index in [-0.39, 0.29) is 6.04 Å². The van der Waals surface area contributed by atoms with Crippen molar-refractivity contribution in [2.45, 2.75) is 26.3 Å². The molecule has 0 unspecified atom stereocenters. The number of hydrogen-bond acceptors (Lipinski definition) is 2. The summed E-state index contributed by atoms with van der Waals surface area (Å²) in [6, 6.07) is -0.0157. The van der Waals surface area contributed by atoms with E-state index in [1.165, 1.54) is 0 Å². The van der Waals surface area contributed by atoms with Crippen LogP contribution in [0.2, 0.25) is 0 Å². The van der Waals surface area contributed by atoms with Crippen LogP contribution in [0.3, 0.4) is 0 Å². The van der Waals surface area contributed by atoms with Crippen LogP contribution >= 0.6 is 0 Å². The van der Waals surface area contributed by atoms with Crippen molar-refractivity contribution >= 4 is 6.29 Å². The van der Waals surface area contributed by atoms with E-state index in [1.54, 1.807) is 6.08 Å². The van der Waals surface area contributed by atoms with Crippen LogP contribution in [0.15, 0.2) is 12.7 Å². The van der Waals surface area contributed by atoms with Gasteiger partial charge in [-0.3, -0.25) is 0 Å². The van der Waals surface area contributed by atoms with Crippen LogP contribution in [0.5, 0.6) is 0 Å². The average molecular weight is 155 g/mol. The van der Waals surface area contributed by atoms with Crippen molar-refractivity contribution in [3.63, 3.8) is 0 Å². The van der Waals surface area contributed by atoms with Crippen molar-refractivity contribution in [3.05, 3.63) is 12.7 Å². The first-order valence-electron chi connectivity index (χ1n) is 4.05. The van der Waals surface area contributed by atoms with Gasteiger partial charge in [0.25, 0.3) is 0 Å². The topological polar surface area (TPSA) is 29.1 Å². The third-order valence-corrected chi connectivity index (χ3v) is 1.90. The zero-order chi connectivity index (χ0) is 8.69. The van der Waals surface area contributed by atoms with Crippen LogP contribution in [0.25, 0.3) is 0 Å². The largest absolute Gasteiger partial charge is 0.304 e. The molecule has 0 amide bonds. The molecule has 0 radical (unpaired) electrons. The van der Waals surface area contributed by atoms with Gasteiger partial charge in [0.05, 0.1) is 6.04 Å². The lowest BCUT2D eigenvalue weighted by Crippen LogP contribution is -2.36. The molecule has 0 aromatic rings. The maximum atomic E-state index is 10.5. The Labute approximate surface area is 68.7 Å². The maximum absolute atomic E-state index is 10.5. The van der Waals surface area contributed by atoms with Crippen LogP contribution in [0.4, 0.5) is 0 Å². The van der Waals surface area contributed by atoms with Crippen molar-refractivity contribution in [1.29, 1.82) is 0 Å². The molecule has 0 aliphatic carbocycles. The van der Waals surface area contributed by atoms with Gasteiger partial charge in [-0.15, -0.1) is 6.58 Å². The van der Waals surface area contributed by atoms with Gasteiger partial charge >= 0.3 is 0 Å². The van der Waals surface area contributed by atoms with Crippen LogP contribution in [0, 0.1) is 5.92 Å². The Morgan fingerprint density at radius 1 is 1.64 bits per heavy atom. The predicted molar refractivity (Wildman–Crippen MR) is 47.5 cm³/mol. The second kappa shape index (κ2) is 6.10. The highest BCUT2D eigenvalue weighted by atomic mass is 16.1. The molecule has 0 fully saturated rings. The first kappa shape index (κ1) is 10.4. The number of aldehydes is 1. The monoisotopic (exact) mass is 155 g/mol. The number of nitrogens with one attached hydrogen (secondary N) is 1. The van der Waals surface area contributed by atoms with Crippen molar-refractivity contribution in [2.24, 2.45) is 5.92 Å². The highest BCUT2D eigenvalue weighted by Crippen LogP contribution is 2.04. The number of carbonyl (C=O) groups is 1. The average Bonchev–Trinajstić information content (AvgIpc) is 2.05. The zero-order valence-corrected chi connectivity index (χ0v) is 7.34. The van der Waals surface area contributed by atoms with Gasteiger partial charge in [0.1, 0.15) is 6.29 Å². The van der Waals surface area contributed by atoms with E-state index in [4.69, 9.17) is 0 Å². The van der Waals surface area contributed by atoms with Gasteiger partial charge in [0.15, 0.2) is 0 Å². The Hall–Kier alpha value is -0.630. The van der Waals surface area contributed by atoms with E-state index >= 15 is 0 Å². The lowest BCUT2D eigenvalue weighted by molar-refractivity contribution is -0.110. The molecule has 11 heavy (non-hydrogen) atoms. The second-order valence-electron chi connectivity index (χ2n) is 2.74. The van der Waals surface area contributed by atoms with Crippen LogP contribution in [0.1, 0.15) is 20.3 Å². The Morgan fingerprint density at radius 3 is 2.64 bits per heavy atom. The van der Waals surface area contributed by atoms with E-state index in [1.807, 2.05) is 0 Å². The summed E-state index contributed by atoms with van der Waals surface area (Å²) in [6.45, 7) is 8.42. The zero-order valence-electron chi connectivity index (χ0n) is 7.34. The van der Waals surface area contributed by atoms with Crippen LogP contribution in [-0.4, -0.2) is 18.9 Å². The predicted octanol–water partition coefficient (Wildman–Crippen LogP) is 1.38. The summed E-state index contributed by atoms with van der Waals surface area (Å²) in [6.07, 6.45) is 3.75. The summed E-state index contributed by atoms with van der Waals surface area (Å²) < 4.78 is 0. The lowest BCUT2D eigenvalue weighted by atomic mass is 10.0. The molecule has 0 saturated carbocycles. The normalized spacial score (nSPS) is 15.5. The fraction of sp³-hybridized carbons (Fsp3) is 0.667. The summed E-state index contributed by atoms with van der Waals surface area (Å²) in [4.78, 5) is 10.5. The third-order valence-electron chi connectivity index (χ3n) is 1.90. The molecule has 0 aromatic carbocycles. The summed E-state index contributed by atoms with van der Waals surface area (Å²) in [7, 11) is 0. The summed E-state index contributed by atoms with van der Waals surface area (Å²) >= 11 is 0. The van der Waals surface area contributed by atoms with Gasteiger partial charge in [-0.1, -0.05) is 26.3 Å². The SMILES string of the molecule is C=CCN[C@H](C=O)[C@@H](C)CC. The van der Waals surface area contributed by atoms with Crippen LogP contribution < -0.4 is 5.32 Å². The Bertz CT molecular complexity index is 123. The minimum atomic E-state index is -0.0157. The van der Waals surface area contributed by atoms with Crippen molar-refractivity contribution in [1.82, 2.24) is 5.32 Å². The van der Waals surface area contributed by atoms with E-state index in [9.17, 15) is 4.79 Å². The molecule has 64 valence electrons. The fourth-order valence-electron chi connectivity index (χ4n) is 0.857. The molecule has 0 heterocycles. The van der Waals surface area contributed by atoms with E-state index < -0.39 is 0 Å². The van der Waals surface area contributed by atoms with E-state index in [0.717, 1.165) is 12.7 Å². The summed E-state index contributed by atoms with van der Waals surface area (Å²) in [5.74, 6) is 0.410. The highest BCUT2D eigenvalue weighted by Gasteiger charge is 2.12. The van der Waals surface area contributed by atoms with Gasteiger partial charge in [0.2, 0.25) is 0 Å². The smallest absolute Gasteiger partial charge is 0.137 e. The lowest BCUT2D eigenvalue weighted by Gasteiger charge is -2.17. The van der Waals surface area contributed by atoms with E-state index in [2.05, 4.69) is 25.7 Å². The number of hydrogen-bond donors (Lipinski definition) is 1. The van der Waals surface area contributed by atoms with Crippen molar-refractivity contribution in [2.75, 3.05) is 6.54 Å². The van der Waals surface area contributed by atoms with Gasteiger partial charge in [-0.2, -0.15) is 0 Å². The molecular weight excluding hydrogens is 138 g/mol. The minimum absolute atomic E-state index is 0.0157. The number of rotatable bonds is 6. The maximum Gasteiger partial charge on any atom is 0.137 e. The summed E-state index contributed by atoms with van der Waals surface area (Å²) in [5, 5.41) is 3.08. The molecule has 0 rings (SSSR count). The molecule has 2 nitrogen and oxygen atoms in total. The molecular formula is C9H17NO. The van der Waals surface area contributed by atoms with Crippen molar-refractivity contribution < 1.29 is 4.79 Å². The quantitative estimate of drug-likeness (QED) is 0.463. The summed E-state index contributed by atoms with van der Waals surface area (Å²) in [5.41, 5.74) is 0. The molecule has 2 atom stereocenters. The third kappa shape index (κ3) is 3.94. The Kier molecular flexibility index (Phi) is 5.75. The van der Waals surface area contributed by atoms with Gasteiger partial charge in [-0.25, -0.2) is 0 Å². The minimum Gasteiger partial charge on any atom is -0.304 e. The van der Waals surface area contributed by atoms with Gasteiger partial charge in [0, 0.05) is 6.54 Å². The van der Waals surface area contributed by atoms with Crippen LogP contribution in [-0.2, 0) is 4.79 Å². The standard InChI is InChI=1S/C9H17NO/c1-4-6-10-9(7-11)8(3)5-2/h4,7-10H,1,5-6H2,2-3H3/t8-,9+/m0/s1. The van der Waals surface area contributed by atoms with Crippen molar-refractivity contribution in [3.8, 4) is 0 Å². The molecule has 0 aromatic heterocycles. The first-order chi connectivity index (χ1) is 5.26. The molecule has 0 bridgehead atoms. The first-order valence-corrected chi connectivity index (χ1v) is 4.05. The highest BCUT2D eigenvalue weighted by molar-refractivity contribution is 5.58. The molecule has 0 saturated heterocycles. The second-order valence-corrected chi connectivity index (χ2v) is 2.74. The van der Waals surface area contributed by atoms with Gasteiger partial charge in [-0.05, 0) is 5.92 Å². The Morgan fingerprint density at radius 2 is 2.27 bits per heavy atom. The number of carbonyl (C=O) groups excluding carboxylic acids is 1. The molecule has 0 aliphatic heterocycles.